The second-order valence-corrected chi connectivity index (χ2v) is 15.8. The van der Waals surface area contributed by atoms with Gasteiger partial charge in [0.1, 0.15) is 0 Å². The fourth-order valence-electron chi connectivity index (χ4n) is 7.32. The molecule has 0 aromatic heterocycles. The molecule has 2 aliphatic carbocycles. The zero-order chi connectivity index (χ0) is 27.4. The van der Waals surface area contributed by atoms with E-state index in [-0.39, 0.29) is 20.4 Å². The van der Waals surface area contributed by atoms with Gasteiger partial charge in [-0.05, 0) is 0 Å². The van der Waals surface area contributed by atoms with Crippen LogP contribution in [-0.2, 0) is 40.0 Å². The predicted octanol–water partition coefficient (Wildman–Crippen LogP) is 8.10. The Morgan fingerprint density at radius 3 is 1.50 bits per heavy atom. The quantitative estimate of drug-likeness (QED) is 0.222. The number of carbonyl (C=O) groups excluding carboxylic acids is 2. The van der Waals surface area contributed by atoms with Crippen molar-refractivity contribution in [3.63, 3.8) is 0 Å². The fraction of sp³-hybridized carbons (Fsp3) is 0.257. The minimum absolute atomic E-state index is 0.265. The molecule has 0 saturated heterocycles. The number of fused-ring (bicyclic) bond motifs is 6. The van der Waals surface area contributed by atoms with Crippen LogP contribution in [0.5, 0.6) is 0 Å². The number of carbonyl (C=O) groups is 2. The van der Waals surface area contributed by atoms with Crippen molar-refractivity contribution >= 4 is 11.9 Å². The monoisotopic (exact) mass is 564 g/mol. The molecule has 2 atom stereocenters. The van der Waals surface area contributed by atoms with Crippen molar-refractivity contribution in [3.8, 4) is 22.3 Å². The van der Waals surface area contributed by atoms with Crippen LogP contribution in [0.2, 0.25) is 0 Å². The summed E-state index contributed by atoms with van der Waals surface area (Å²) in [5.41, 5.74) is 11.6. The molecule has 3 aliphatic rings. The Morgan fingerprint density at radius 2 is 1.05 bits per heavy atom. The molecule has 5 heteroatoms. The third kappa shape index (κ3) is 3.69. The maximum atomic E-state index is 13.7. The van der Waals surface area contributed by atoms with E-state index in [4.69, 9.17) is 6.64 Å². The third-order valence-electron chi connectivity index (χ3n) is 8.73. The normalized spacial score (nSPS) is 18.4. The SMILES string of the molecule is CCCC(=O)[O][Ti]1([O]C(=O)CCC)[CH]2c3ccccc3-c3cccc(c32)Cc2cccc3c2[CH]1c1ccccc1-3. The Hall–Kier alpha value is -3.47. The van der Waals surface area contributed by atoms with Gasteiger partial charge in [-0.3, -0.25) is 0 Å². The average Bonchev–Trinajstić information content (AvgIpc) is 3.48. The molecule has 0 radical (unpaired) electrons. The molecule has 2 unspecified atom stereocenters. The Kier molecular flexibility index (Phi) is 6.29. The summed E-state index contributed by atoms with van der Waals surface area (Å²) in [7, 11) is 0. The van der Waals surface area contributed by atoms with Crippen LogP contribution in [0.4, 0.5) is 0 Å². The molecule has 0 saturated carbocycles. The van der Waals surface area contributed by atoms with Crippen LogP contribution in [-0.4, -0.2) is 11.9 Å². The molecule has 40 heavy (non-hydrogen) atoms. The Morgan fingerprint density at radius 1 is 0.625 bits per heavy atom. The molecule has 0 bridgehead atoms. The van der Waals surface area contributed by atoms with E-state index in [9.17, 15) is 9.59 Å². The van der Waals surface area contributed by atoms with Crippen LogP contribution >= 0.6 is 0 Å². The van der Waals surface area contributed by atoms with Crippen molar-refractivity contribution in [3.05, 3.63) is 118 Å². The van der Waals surface area contributed by atoms with E-state index in [0.29, 0.717) is 25.7 Å². The van der Waals surface area contributed by atoms with E-state index in [0.717, 1.165) is 39.8 Å². The number of rotatable bonds is 6. The molecule has 0 fully saturated rings. The first kappa shape index (κ1) is 25.5. The van der Waals surface area contributed by atoms with Crippen molar-refractivity contribution in [2.45, 2.75) is 54.4 Å². The predicted molar refractivity (Wildman–Crippen MR) is 152 cm³/mol. The number of benzene rings is 4. The van der Waals surface area contributed by atoms with Gasteiger partial charge in [-0.25, -0.2) is 0 Å². The molecule has 4 nitrogen and oxygen atoms in total. The Balaban J connectivity index is 1.62. The summed E-state index contributed by atoms with van der Waals surface area (Å²) in [6.45, 7) is 3.97. The van der Waals surface area contributed by atoms with Crippen molar-refractivity contribution in [2.24, 2.45) is 0 Å². The maximum absolute atomic E-state index is 13.7. The molecule has 4 aromatic carbocycles. The summed E-state index contributed by atoms with van der Waals surface area (Å²) in [5, 5.41) is 0. The van der Waals surface area contributed by atoms with Gasteiger partial charge in [-0.1, -0.05) is 0 Å². The van der Waals surface area contributed by atoms with Crippen molar-refractivity contribution in [2.75, 3.05) is 0 Å². The summed E-state index contributed by atoms with van der Waals surface area (Å²) >= 11 is -4.61. The summed E-state index contributed by atoms with van der Waals surface area (Å²) < 4.78 is 13.2. The van der Waals surface area contributed by atoms with Gasteiger partial charge >= 0.3 is 240 Å². The topological polar surface area (TPSA) is 52.6 Å². The second kappa shape index (κ2) is 9.87. The van der Waals surface area contributed by atoms with E-state index < -0.39 is 17.4 Å². The van der Waals surface area contributed by atoms with Crippen molar-refractivity contribution in [1.29, 1.82) is 0 Å². The van der Waals surface area contributed by atoms with E-state index in [2.05, 4.69) is 84.9 Å². The summed E-state index contributed by atoms with van der Waals surface area (Å²) in [5.74, 6) is -0.529. The van der Waals surface area contributed by atoms with Crippen LogP contribution < -0.4 is 0 Å². The van der Waals surface area contributed by atoms with Crippen LogP contribution in [0.3, 0.4) is 0 Å². The fourth-order valence-corrected chi connectivity index (χ4v) is 14.5. The van der Waals surface area contributed by atoms with Gasteiger partial charge in [0.05, 0.1) is 0 Å². The van der Waals surface area contributed by atoms with Gasteiger partial charge in [0, 0.05) is 0 Å². The van der Waals surface area contributed by atoms with Gasteiger partial charge < -0.3 is 0 Å². The zero-order valence-corrected chi connectivity index (χ0v) is 24.5. The first-order chi connectivity index (χ1) is 19.6. The molecular weight excluding hydrogens is 532 g/mol. The molecule has 4 aromatic rings. The van der Waals surface area contributed by atoms with Crippen molar-refractivity contribution in [1.82, 2.24) is 0 Å². The van der Waals surface area contributed by atoms with E-state index in [1.807, 2.05) is 13.8 Å². The minimum atomic E-state index is -4.61. The number of hydrogen-bond acceptors (Lipinski definition) is 4. The molecular formula is C35H32O4Ti. The Bertz CT molecular complexity index is 1550. The van der Waals surface area contributed by atoms with E-state index in [1.165, 1.54) is 22.3 Å². The molecule has 0 N–H and O–H groups in total. The average molecular weight is 565 g/mol. The second-order valence-electron chi connectivity index (χ2n) is 11.1. The van der Waals surface area contributed by atoms with Crippen LogP contribution in [0, 0.1) is 0 Å². The molecule has 0 amide bonds. The Labute approximate surface area is 239 Å². The summed E-state index contributed by atoms with van der Waals surface area (Å²) in [4.78, 5) is 27.4. The van der Waals surface area contributed by atoms with Gasteiger partial charge in [-0.15, -0.1) is 0 Å². The van der Waals surface area contributed by atoms with Gasteiger partial charge in [0.25, 0.3) is 0 Å². The standard InChI is InChI=1S/C27H18.2C4H8O2.Ti/c1-3-11-22-20(7-1)16-26-18(9-5-13-24(22)26)15-19-10-6-14-25-23-12-4-2-8-21(23)17-27(19)25;2*1-2-3-4(5)6;/h1-14,16-17H,15H2;2*2-3H2,1H3,(H,5,6);/q;;;+2/p-2. The third-order valence-corrected chi connectivity index (χ3v) is 14.8. The van der Waals surface area contributed by atoms with Gasteiger partial charge in [0.2, 0.25) is 0 Å². The molecule has 7 rings (SSSR count). The van der Waals surface area contributed by atoms with E-state index in [1.54, 1.807) is 0 Å². The van der Waals surface area contributed by atoms with Crippen LogP contribution in [0.15, 0.2) is 84.9 Å². The molecule has 1 aliphatic heterocycles. The summed E-state index contributed by atoms with van der Waals surface area (Å²) in [6.07, 6.45) is 2.72. The van der Waals surface area contributed by atoms with Crippen LogP contribution in [0.1, 0.15) is 81.4 Å². The molecule has 1 heterocycles. The van der Waals surface area contributed by atoms with E-state index >= 15 is 0 Å². The van der Waals surface area contributed by atoms with Crippen molar-refractivity contribution < 1.29 is 33.6 Å². The first-order valence-corrected chi connectivity index (χ1v) is 17.5. The first-order valence-electron chi connectivity index (χ1n) is 14.4. The van der Waals surface area contributed by atoms with Crippen LogP contribution in [0.25, 0.3) is 22.3 Å². The van der Waals surface area contributed by atoms with Gasteiger partial charge in [-0.2, -0.15) is 0 Å². The van der Waals surface area contributed by atoms with Gasteiger partial charge in [0.15, 0.2) is 0 Å². The molecule has 0 spiro atoms. The molecule has 200 valence electrons. The summed E-state index contributed by atoms with van der Waals surface area (Å²) in [6, 6.07) is 29.9. The number of hydrogen-bond donors (Lipinski definition) is 0. The zero-order valence-electron chi connectivity index (χ0n) is 22.9.